The first kappa shape index (κ1) is 17.9. The molecule has 0 spiro atoms. The number of carbonyl (C=O) groups is 1. The highest BCUT2D eigenvalue weighted by molar-refractivity contribution is 5.73. The molecular weight excluding hydrogens is 308 g/mol. The summed E-state index contributed by atoms with van der Waals surface area (Å²) in [5.41, 5.74) is -0.0232. The normalized spacial score (nSPS) is 45.8. The van der Waals surface area contributed by atoms with E-state index >= 15 is 0 Å². The lowest BCUT2D eigenvalue weighted by atomic mass is 9.46. The van der Waals surface area contributed by atoms with Gasteiger partial charge in [-0.05, 0) is 94.8 Å². The Balaban J connectivity index is 1.48. The highest BCUT2D eigenvalue weighted by atomic mass is 16.6. The fraction of sp³-hybridized carbons (Fsp3) is 0.957. The summed E-state index contributed by atoms with van der Waals surface area (Å²) in [6, 6.07) is 0. The number of hydrogen-bond acceptors (Lipinski definition) is 2. The molecule has 3 unspecified atom stereocenters. The molecule has 0 amide bonds. The Morgan fingerprint density at radius 2 is 1.48 bits per heavy atom. The maximum atomic E-state index is 13.2. The van der Waals surface area contributed by atoms with Gasteiger partial charge in [-0.2, -0.15) is 0 Å². The zero-order chi connectivity index (χ0) is 17.8. The third kappa shape index (κ3) is 2.96. The van der Waals surface area contributed by atoms with E-state index in [1.807, 2.05) is 0 Å². The van der Waals surface area contributed by atoms with Crippen molar-refractivity contribution in [1.82, 2.24) is 0 Å². The van der Waals surface area contributed by atoms with E-state index in [4.69, 9.17) is 4.74 Å². The van der Waals surface area contributed by atoms with Crippen molar-refractivity contribution >= 4 is 5.97 Å². The number of rotatable bonds is 5. The van der Waals surface area contributed by atoms with E-state index in [9.17, 15) is 4.79 Å². The molecule has 0 heterocycles. The van der Waals surface area contributed by atoms with Crippen molar-refractivity contribution in [3.8, 4) is 0 Å². The highest BCUT2D eigenvalue weighted by Crippen LogP contribution is 2.64. The number of carbonyl (C=O) groups excluding carboxylic acids is 1. The fourth-order valence-corrected chi connectivity index (χ4v) is 7.60. The average molecular weight is 347 g/mol. The molecule has 5 aliphatic rings. The Morgan fingerprint density at radius 3 is 1.96 bits per heavy atom. The molecule has 0 N–H and O–H groups in total. The van der Waals surface area contributed by atoms with E-state index in [0.29, 0.717) is 5.92 Å². The molecule has 0 saturated heterocycles. The smallest absolute Gasteiger partial charge is 0.309 e. The topological polar surface area (TPSA) is 26.3 Å². The molecule has 25 heavy (non-hydrogen) atoms. The van der Waals surface area contributed by atoms with E-state index in [-0.39, 0.29) is 22.9 Å². The molecule has 2 nitrogen and oxygen atoms in total. The van der Waals surface area contributed by atoms with Crippen molar-refractivity contribution in [3.63, 3.8) is 0 Å². The summed E-state index contributed by atoms with van der Waals surface area (Å²) in [7, 11) is 0. The van der Waals surface area contributed by atoms with E-state index < -0.39 is 0 Å². The molecule has 0 radical (unpaired) electrons. The van der Waals surface area contributed by atoms with Crippen molar-refractivity contribution < 1.29 is 9.53 Å². The standard InChI is InChI=1S/C23H38O2/c1-5-15-10-19(6-2)20(11-15)21(24)25-22(3,4)23-12-16-7-17(13-23)9-18(8-16)14-23/h15-20H,5-14H2,1-4H3. The average Bonchev–Trinajstić information content (AvgIpc) is 2.96. The van der Waals surface area contributed by atoms with Crippen molar-refractivity contribution in [2.24, 2.45) is 40.9 Å². The van der Waals surface area contributed by atoms with Crippen LogP contribution < -0.4 is 0 Å². The lowest BCUT2D eigenvalue weighted by Crippen LogP contribution is -2.57. The van der Waals surface area contributed by atoms with Crippen LogP contribution in [0.1, 0.15) is 91.9 Å². The zero-order valence-corrected chi connectivity index (χ0v) is 16.9. The Bertz CT molecular complexity index is 485. The number of ether oxygens (including phenoxy) is 1. The van der Waals surface area contributed by atoms with Gasteiger partial charge in [-0.3, -0.25) is 4.79 Å². The highest BCUT2D eigenvalue weighted by Gasteiger charge is 2.59. The minimum atomic E-state index is -0.289. The molecule has 5 fully saturated rings. The summed E-state index contributed by atoms with van der Waals surface area (Å²) in [6.45, 7) is 8.99. The molecule has 142 valence electrons. The second kappa shape index (κ2) is 6.27. The SMILES string of the molecule is CCC1CC(CC)C(C(=O)OC(C)(C)C23CC4CC(CC(C4)C2)C3)C1. The molecule has 0 aromatic heterocycles. The fourth-order valence-electron chi connectivity index (χ4n) is 7.60. The lowest BCUT2D eigenvalue weighted by Gasteiger charge is -2.61. The maximum Gasteiger partial charge on any atom is 0.309 e. The molecular formula is C23H38O2. The summed E-state index contributed by atoms with van der Waals surface area (Å²) in [5, 5.41) is 0. The molecule has 4 bridgehead atoms. The Kier molecular flexibility index (Phi) is 4.48. The van der Waals surface area contributed by atoms with Crippen LogP contribution in [0.25, 0.3) is 0 Å². The largest absolute Gasteiger partial charge is 0.459 e. The summed E-state index contributed by atoms with van der Waals surface area (Å²) in [5.74, 6) is 4.28. The second-order valence-corrected chi connectivity index (χ2v) is 10.6. The van der Waals surface area contributed by atoms with Gasteiger partial charge in [-0.1, -0.05) is 26.7 Å². The predicted molar refractivity (Wildman–Crippen MR) is 101 cm³/mol. The molecule has 5 saturated carbocycles. The van der Waals surface area contributed by atoms with Gasteiger partial charge in [0.15, 0.2) is 0 Å². The summed E-state index contributed by atoms with van der Waals surface area (Å²) >= 11 is 0. The van der Waals surface area contributed by atoms with Crippen LogP contribution in [0.5, 0.6) is 0 Å². The van der Waals surface area contributed by atoms with Crippen molar-refractivity contribution in [2.45, 2.75) is 97.5 Å². The summed E-state index contributed by atoms with van der Waals surface area (Å²) in [4.78, 5) is 13.2. The monoisotopic (exact) mass is 346 g/mol. The van der Waals surface area contributed by atoms with Gasteiger partial charge in [0.2, 0.25) is 0 Å². The summed E-state index contributed by atoms with van der Waals surface area (Å²) in [6.07, 6.45) is 12.9. The van der Waals surface area contributed by atoms with Crippen LogP contribution >= 0.6 is 0 Å². The van der Waals surface area contributed by atoms with Crippen LogP contribution in [0.2, 0.25) is 0 Å². The van der Waals surface area contributed by atoms with Gasteiger partial charge in [0.25, 0.3) is 0 Å². The Labute approximate surface area is 154 Å². The summed E-state index contributed by atoms with van der Waals surface area (Å²) < 4.78 is 6.39. The minimum Gasteiger partial charge on any atom is -0.459 e. The third-order valence-electron chi connectivity index (χ3n) is 8.87. The van der Waals surface area contributed by atoms with Crippen molar-refractivity contribution in [1.29, 1.82) is 0 Å². The van der Waals surface area contributed by atoms with Crippen molar-refractivity contribution in [3.05, 3.63) is 0 Å². The van der Waals surface area contributed by atoms with Gasteiger partial charge in [0, 0.05) is 5.41 Å². The predicted octanol–water partition coefficient (Wildman–Crippen LogP) is 5.99. The Hall–Kier alpha value is -0.530. The van der Waals surface area contributed by atoms with Crippen LogP contribution in [-0.4, -0.2) is 11.6 Å². The number of esters is 1. The van der Waals surface area contributed by atoms with Gasteiger partial charge >= 0.3 is 5.97 Å². The van der Waals surface area contributed by atoms with E-state index in [2.05, 4.69) is 27.7 Å². The molecule has 5 aliphatic carbocycles. The van der Waals surface area contributed by atoms with Crippen LogP contribution in [0, 0.1) is 40.9 Å². The second-order valence-electron chi connectivity index (χ2n) is 10.6. The molecule has 0 aromatic carbocycles. The molecule has 2 heteroatoms. The van der Waals surface area contributed by atoms with Crippen LogP contribution in [0.3, 0.4) is 0 Å². The third-order valence-corrected chi connectivity index (χ3v) is 8.87. The molecule has 5 rings (SSSR count). The first-order valence-corrected chi connectivity index (χ1v) is 11.1. The van der Waals surface area contributed by atoms with Gasteiger partial charge in [0.05, 0.1) is 5.92 Å². The van der Waals surface area contributed by atoms with Gasteiger partial charge in [-0.25, -0.2) is 0 Å². The van der Waals surface area contributed by atoms with Crippen LogP contribution in [0.15, 0.2) is 0 Å². The zero-order valence-electron chi connectivity index (χ0n) is 16.9. The van der Waals surface area contributed by atoms with Crippen LogP contribution in [0.4, 0.5) is 0 Å². The molecule has 0 aliphatic heterocycles. The first-order chi connectivity index (χ1) is 11.9. The molecule has 3 atom stereocenters. The quantitative estimate of drug-likeness (QED) is 0.572. The van der Waals surface area contributed by atoms with E-state index in [1.54, 1.807) is 0 Å². The van der Waals surface area contributed by atoms with E-state index in [1.165, 1.54) is 51.4 Å². The maximum absolute atomic E-state index is 13.2. The number of hydrogen-bond donors (Lipinski definition) is 0. The first-order valence-electron chi connectivity index (χ1n) is 11.1. The minimum absolute atomic E-state index is 0.128. The van der Waals surface area contributed by atoms with Gasteiger partial charge in [-0.15, -0.1) is 0 Å². The Morgan fingerprint density at radius 1 is 0.920 bits per heavy atom. The lowest BCUT2D eigenvalue weighted by molar-refractivity contribution is -0.203. The van der Waals surface area contributed by atoms with Gasteiger partial charge < -0.3 is 4.74 Å². The van der Waals surface area contributed by atoms with Crippen molar-refractivity contribution in [2.75, 3.05) is 0 Å². The van der Waals surface area contributed by atoms with Gasteiger partial charge in [0.1, 0.15) is 5.60 Å². The van der Waals surface area contributed by atoms with Crippen LogP contribution in [-0.2, 0) is 9.53 Å². The van der Waals surface area contributed by atoms with E-state index in [0.717, 1.165) is 36.5 Å². The molecule has 0 aromatic rings.